The lowest BCUT2D eigenvalue weighted by Crippen LogP contribution is -2.47. The number of pyridine rings is 2. The quantitative estimate of drug-likeness (QED) is 0.363. The van der Waals surface area contributed by atoms with E-state index in [2.05, 4.69) is 30.6 Å². The number of rotatable bonds is 7. The van der Waals surface area contributed by atoms with Crippen LogP contribution in [0, 0.1) is 5.82 Å². The lowest BCUT2D eigenvalue weighted by atomic mass is 9.95. The monoisotopic (exact) mass is 488 g/mol. The number of carbonyl (C=O) groups is 1. The molecule has 3 N–H and O–H groups in total. The summed E-state index contributed by atoms with van der Waals surface area (Å²) in [6, 6.07) is 10.9. The average molecular weight is 489 g/mol. The highest BCUT2D eigenvalue weighted by Crippen LogP contribution is 2.30. The van der Waals surface area contributed by atoms with Crippen molar-refractivity contribution in [3.05, 3.63) is 77.8 Å². The van der Waals surface area contributed by atoms with E-state index >= 15 is 0 Å². The summed E-state index contributed by atoms with van der Waals surface area (Å²) in [5.41, 5.74) is 2.49. The molecule has 1 saturated heterocycles. The van der Waals surface area contributed by atoms with Crippen LogP contribution in [-0.2, 0) is 10.3 Å². The second-order valence-corrected chi connectivity index (χ2v) is 8.83. The highest BCUT2D eigenvalue weighted by atomic mass is 19.1. The highest BCUT2D eigenvalue weighted by molar-refractivity contribution is 6.06. The molecule has 1 aliphatic rings. The Balaban J connectivity index is 1.34. The van der Waals surface area contributed by atoms with E-state index in [1.165, 1.54) is 13.4 Å². The zero-order chi connectivity index (χ0) is 25.3. The van der Waals surface area contributed by atoms with Gasteiger partial charge in [-0.1, -0.05) is 25.1 Å². The Bertz CT molecular complexity index is 1430. The number of benzene rings is 1. The van der Waals surface area contributed by atoms with E-state index in [9.17, 15) is 14.3 Å². The normalized spacial score (nSPS) is 15.2. The number of halogens is 1. The maximum atomic E-state index is 14.4. The minimum atomic E-state index is -1.02. The number of nitrogens with zero attached hydrogens (tertiary/aromatic N) is 4. The molecule has 1 unspecified atom stereocenters. The van der Waals surface area contributed by atoms with Crippen LogP contribution in [0.1, 0.15) is 34.5 Å². The molecule has 4 aromatic rings. The van der Waals surface area contributed by atoms with E-state index in [4.69, 9.17) is 4.74 Å². The maximum absolute atomic E-state index is 14.4. The minimum Gasteiger partial charge on any atom is -0.379 e. The first-order valence-corrected chi connectivity index (χ1v) is 11.5. The van der Waals surface area contributed by atoms with Crippen molar-refractivity contribution in [2.75, 3.05) is 32.1 Å². The summed E-state index contributed by atoms with van der Waals surface area (Å²) < 4.78 is 19.5. The second-order valence-electron chi connectivity index (χ2n) is 8.83. The van der Waals surface area contributed by atoms with Crippen molar-refractivity contribution in [3.63, 3.8) is 0 Å². The van der Waals surface area contributed by atoms with Gasteiger partial charge in [0.15, 0.2) is 11.4 Å². The second kappa shape index (κ2) is 9.56. The summed E-state index contributed by atoms with van der Waals surface area (Å²) in [4.78, 5) is 29.6. The fourth-order valence-electron chi connectivity index (χ4n) is 4.22. The predicted molar refractivity (Wildman–Crippen MR) is 132 cm³/mol. The molecule has 4 heterocycles. The van der Waals surface area contributed by atoms with Gasteiger partial charge in [0.05, 0.1) is 41.9 Å². The Morgan fingerprint density at radius 3 is 2.69 bits per heavy atom. The number of anilines is 1. The van der Waals surface area contributed by atoms with Crippen LogP contribution < -0.4 is 10.6 Å². The minimum absolute atomic E-state index is 0.0125. The zero-order valence-corrected chi connectivity index (χ0v) is 19.8. The topological polar surface area (TPSA) is 122 Å². The fourth-order valence-corrected chi connectivity index (χ4v) is 4.22. The SMILES string of the molecule is CNC(=O)c1c(F)cnc2c(C(C)CNc3cc(-c4ccc(C5(O)COC5)nc4)ncn3)cccc12. The Labute approximate surface area is 206 Å². The van der Waals surface area contributed by atoms with Crippen molar-refractivity contribution in [3.8, 4) is 11.3 Å². The fraction of sp³-hybridized carbons (Fsp3) is 0.269. The van der Waals surface area contributed by atoms with Crippen LogP contribution in [0.25, 0.3) is 22.2 Å². The summed E-state index contributed by atoms with van der Waals surface area (Å²) in [6.07, 6.45) is 4.23. The van der Waals surface area contributed by atoms with Crippen LogP contribution in [-0.4, -0.2) is 57.8 Å². The van der Waals surface area contributed by atoms with Gasteiger partial charge in [0.25, 0.3) is 5.91 Å². The summed E-state index contributed by atoms with van der Waals surface area (Å²) >= 11 is 0. The Morgan fingerprint density at radius 1 is 1.17 bits per heavy atom. The van der Waals surface area contributed by atoms with Crippen LogP contribution in [0.4, 0.5) is 10.2 Å². The number of aromatic nitrogens is 4. The van der Waals surface area contributed by atoms with E-state index < -0.39 is 17.3 Å². The average Bonchev–Trinajstić information content (AvgIpc) is 2.89. The van der Waals surface area contributed by atoms with Crippen LogP contribution in [0.15, 0.2) is 55.1 Å². The number of carbonyl (C=O) groups excluding carboxylic acids is 1. The van der Waals surface area contributed by atoms with Crippen molar-refractivity contribution in [1.29, 1.82) is 0 Å². The van der Waals surface area contributed by atoms with Crippen molar-refractivity contribution in [2.24, 2.45) is 0 Å². The molecule has 0 aliphatic carbocycles. The molecule has 0 bridgehead atoms. The molecule has 9 nitrogen and oxygen atoms in total. The van der Waals surface area contributed by atoms with Gasteiger partial charge >= 0.3 is 0 Å². The van der Waals surface area contributed by atoms with Gasteiger partial charge < -0.3 is 20.5 Å². The van der Waals surface area contributed by atoms with Gasteiger partial charge in [-0.3, -0.25) is 14.8 Å². The number of ether oxygens (including phenoxy) is 1. The lowest BCUT2D eigenvalue weighted by molar-refractivity contribution is -0.186. The van der Waals surface area contributed by atoms with Crippen molar-refractivity contribution < 1.29 is 19.0 Å². The number of hydrogen-bond donors (Lipinski definition) is 3. The maximum Gasteiger partial charge on any atom is 0.254 e. The molecule has 0 saturated carbocycles. The first-order chi connectivity index (χ1) is 17.4. The van der Waals surface area contributed by atoms with Crippen molar-refractivity contribution in [2.45, 2.75) is 18.4 Å². The molecule has 3 aromatic heterocycles. The molecule has 10 heteroatoms. The molecule has 1 atom stereocenters. The van der Waals surface area contributed by atoms with E-state index in [0.717, 1.165) is 17.3 Å². The molecule has 1 amide bonds. The largest absolute Gasteiger partial charge is 0.379 e. The molecule has 1 aliphatic heterocycles. The van der Waals surface area contributed by atoms with Crippen LogP contribution in [0.2, 0.25) is 0 Å². The van der Waals surface area contributed by atoms with Crippen LogP contribution in [0.5, 0.6) is 0 Å². The number of fused-ring (bicyclic) bond motifs is 1. The van der Waals surface area contributed by atoms with Gasteiger partial charge in [0, 0.05) is 42.7 Å². The number of nitrogens with one attached hydrogen (secondary N) is 2. The molecule has 1 aromatic carbocycles. The third-order valence-corrected chi connectivity index (χ3v) is 6.34. The zero-order valence-electron chi connectivity index (χ0n) is 19.8. The first kappa shape index (κ1) is 23.7. The third-order valence-electron chi connectivity index (χ3n) is 6.34. The van der Waals surface area contributed by atoms with Gasteiger partial charge in [-0.25, -0.2) is 14.4 Å². The lowest BCUT2D eigenvalue weighted by Gasteiger charge is -2.35. The number of aliphatic hydroxyl groups is 1. The van der Waals surface area contributed by atoms with Crippen molar-refractivity contribution >= 4 is 22.6 Å². The summed E-state index contributed by atoms with van der Waals surface area (Å²) in [5, 5.41) is 16.7. The van der Waals surface area contributed by atoms with E-state index in [1.54, 1.807) is 24.4 Å². The van der Waals surface area contributed by atoms with Gasteiger partial charge in [-0.05, 0) is 17.7 Å². The smallest absolute Gasteiger partial charge is 0.254 e. The molecule has 184 valence electrons. The van der Waals surface area contributed by atoms with Gasteiger partial charge in [-0.2, -0.15) is 0 Å². The highest BCUT2D eigenvalue weighted by Gasteiger charge is 2.39. The van der Waals surface area contributed by atoms with Crippen molar-refractivity contribution in [1.82, 2.24) is 25.3 Å². The number of amides is 1. The molecule has 0 spiro atoms. The van der Waals surface area contributed by atoms with Crippen LogP contribution in [0.3, 0.4) is 0 Å². The van der Waals surface area contributed by atoms with Gasteiger partial charge in [-0.15, -0.1) is 0 Å². The Hall–Kier alpha value is -4.02. The summed E-state index contributed by atoms with van der Waals surface area (Å²) in [6.45, 7) is 3.03. The van der Waals surface area contributed by atoms with E-state index in [0.29, 0.717) is 34.7 Å². The number of para-hydroxylation sites is 1. The van der Waals surface area contributed by atoms with Crippen LogP contribution >= 0.6 is 0 Å². The molecule has 1 fully saturated rings. The molecular weight excluding hydrogens is 463 g/mol. The van der Waals surface area contributed by atoms with E-state index in [-0.39, 0.29) is 24.7 Å². The Kier molecular flexibility index (Phi) is 6.29. The van der Waals surface area contributed by atoms with E-state index in [1.807, 2.05) is 25.1 Å². The predicted octanol–water partition coefficient (Wildman–Crippen LogP) is 3.02. The third kappa shape index (κ3) is 4.36. The molecular formula is C26H25FN6O3. The summed E-state index contributed by atoms with van der Waals surface area (Å²) in [5.74, 6) is -0.536. The molecule has 5 rings (SSSR count). The molecule has 0 radical (unpaired) electrons. The summed E-state index contributed by atoms with van der Waals surface area (Å²) in [7, 11) is 1.47. The standard InChI is InChI=1S/C26H25FN6O3/c1-15(17-4-3-5-18-23(25(34)28-2)19(27)11-31-24(17)18)9-30-22-8-20(32-14-33-22)16-6-7-21(29-10-16)26(35)12-36-13-26/h3-8,10-11,14-15,35H,9,12-13H2,1-2H3,(H,28,34)(H,30,32,33). The van der Waals surface area contributed by atoms with Gasteiger partial charge in [0.1, 0.15) is 12.1 Å². The first-order valence-electron chi connectivity index (χ1n) is 11.5. The van der Waals surface area contributed by atoms with Gasteiger partial charge in [0.2, 0.25) is 0 Å². The number of hydrogen-bond acceptors (Lipinski definition) is 8. The molecule has 36 heavy (non-hydrogen) atoms. The Morgan fingerprint density at radius 2 is 2.00 bits per heavy atom.